The first-order valence-electron chi connectivity index (χ1n) is 10.6. The molecular formula is C23H35N5O. The fourth-order valence-electron chi connectivity index (χ4n) is 3.63. The van der Waals surface area contributed by atoms with E-state index in [1.807, 2.05) is 6.20 Å². The monoisotopic (exact) mass is 397 g/mol. The Kier molecular flexibility index (Phi) is 6.96. The van der Waals surface area contributed by atoms with Crippen LogP contribution in [0.15, 0.2) is 45.9 Å². The molecule has 2 unspecified atom stereocenters. The SMILES string of the molecule is CCNC(=NCc1ncc(C(C)(C)C)o1)NC1CC(C)N(Cc2ccccc2)C1. The first-order valence-corrected chi connectivity index (χ1v) is 10.6. The van der Waals surface area contributed by atoms with Crippen molar-refractivity contribution in [1.29, 1.82) is 0 Å². The summed E-state index contributed by atoms with van der Waals surface area (Å²) in [6, 6.07) is 11.6. The van der Waals surface area contributed by atoms with E-state index in [0.717, 1.165) is 37.8 Å². The molecule has 0 radical (unpaired) electrons. The highest BCUT2D eigenvalue weighted by Crippen LogP contribution is 2.23. The number of likely N-dealkylation sites (tertiary alicyclic amines) is 1. The molecule has 1 saturated heterocycles. The summed E-state index contributed by atoms with van der Waals surface area (Å²) in [7, 11) is 0. The minimum atomic E-state index is -0.0418. The third-order valence-corrected chi connectivity index (χ3v) is 5.28. The second-order valence-electron chi connectivity index (χ2n) is 8.90. The van der Waals surface area contributed by atoms with E-state index in [1.54, 1.807) is 0 Å². The topological polar surface area (TPSA) is 65.7 Å². The quantitative estimate of drug-likeness (QED) is 0.575. The van der Waals surface area contributed by atoms with E-state index in [0.29, 0.717) is 24.5 Å². The van der Waals surface area contributed by atoms with Crippen molar-refractivity contribution in [2.45, 2.75) is 71.6 Å². The molecule has 2 aromatic rings. The number of hydrogen-bond acceptors (Lipinski definition) is 4. The molecule has 0 aliphatic carbocycles. The maximum Gasteiger partial charge on any atom is 0.216 e. The predicted octanol–water partition coefficient (Wildman–Crippen LogP) is 3.69. The molecule has 158 valence electrons. The van der Waals surface area contributed by atoms with Gasteiger partial charge in [-0.25, -0.2) is 9.98 Å². The first kappa shape index (κ1) is 21.4. The number of nitrogens with zero attached hydrogens (tertiary/aromatic N) is 3. The average molecular weight is 398 g/mol. The van der Waals surface area contributed by atoms with Crippen molar-refractivity contribution in [2.24, 2.45) is 4.99 Å². The van der Waals surface area contributed by atoms with E-state index in [9.17, 15) is 0 Å². The zero-order valence-corrected chi connectivity index (χ0v) is 18.4. The molecule has 6 heteroatoms. The van der Waals surface area contributed by atoms with E-state index in [-0.39, 0.29) is 5.41 Å². The maximum atomic E-state index is 5.87. The molecule has 0 amide bonds. The third-order valence-electron chi connectivity index (χ3n) is 5.28. The molecule has 3 rings (SSSR count). The molecule has 6 nitrogen and oxygen atoms in total. The Hall–Kier alpha value is -2.34. The lowest BCUT2D eigenvalue weighted by Gasteiger charge is -2.21. The lowest BCUT2D eigenvalue weighted by Crippen LogP contribution is -2.44. The third kappa shape index (κ3) is 6.07. The molecule has 2 N–H and O–H groups in total. The van der Waals surface area contributed by atoms with Crippen molar-refractivity contribution in [1.82, 2.24) is 20.5 Å². The van der Waals surface area contributed by atoms with Gasteiger partial charge in [-0.2, -0.15) is 0 Å². The summed E-state index contributed by atoms with van der Waals surface area (Å²) < 4.78 is 5.87. The molecule has 1 aromatic carbocycles. The Labute approximate surface area is 174 Å². The Morgan fingerprint density at radius 2 is 2.03 bits per heavy atom. The molecule has 1 aliphatic rings. The van der Waals surface area contributed by atoms with Crippen molar-refractivity contribution in [2.75, 3.05) is 13.1 Å². The highest BCUT2D eigenvalue weighted by molar-refractivity contribution is 5.80. The number of guanidine groups is 1. The van der Waals surface area contributed by atoms with E-state index in [2.05, 4.69) is 85.5 Å². The zero-order valence-electron chi connectivity index (χ0n) is 18.4. The molecule has 1 aromatic heterocycles. The molecule has 29 heavy (non-hydrogen) atoms. The van der Waals surface area contributed by atoms with Crippen LogP contribution in [0.5, 0.6) is 0 Å². The summed E-state index contributed by atoms with van der Waals surface area (Å²) >= 11 is 0. The van der Waals surface area contributed by atoms with Crippen LogP contribution in [0, 0.1) is 0 Å². The van der Waals surface area contributed by atoms with Crippen LogP contribution in [-0.4, -0.2) is 41.0 Å². The van der Waals surface area contributed by atoms with Gasteiger partial charge in [-0.3, -0.25) is 4.90 Å². The Bertz CT molecular complexity index is 793. The molecular weight excluding hydrogens is 362 g/mol. The Morgan fingerprint density at radius 3 is 2.69 bits per heavy atom. The lowest BCUT2D eigenvalue weighted by atomic mass is 9.94. The first-order chi connectivity index (χ1) is 13.8. The van der Waals surface area contributed by atoms with Gasteiger partial charge in [-0.15, -0.1) is 0 Å². The maximum absolute atomic E-state index is 5.87. The van der Waals surface area contributed by atoms with Gasteiger partial charge >= 0.3 is 0 Å². The van der Waals surface area contributed by atoms with Gasteiger partial charge in [0.2, 0.25) is 5.89 Å². The fraction of sp³-hybridized carbons (Fsp3) is 0.565. The van der Waals surface area contributed by atoms with E-state index < -0.39 is 0 Å². The van der Waals surface area contributed by atoms with E-state index >= 15 is 0 Å². The summed E-state index contributed by atoms with van der Waals surface area (Å²) in [5.74, 6) is 2.36. The molecule has 2 heterocycles. The predicted molar refractivity (Wildman–Crippen MR) is 118 cm³/mol. The second kappa shape index (κ2) is 9.44. The molecule has 0 spiro atoms. The Balaban J connectivity index is 1.58. The minimum Gasteiger partial charge on any atom is -0.443 e. The summed E-state index contributed by atoms with van der Waals surface area (Å²) in [4.78, 5) is 11.6. The standard InChI is InChI=1S/C23H35N5O/c1-6-24-22(26-14-21-25-13-20(29-21)23(3,4)5)27-19-12-17(2)28(16-19)15-18-10-8-7-9-11-18/h7-11,13,17,19H,6,12,14-16H2,1-5H3,(H2,24,26,27). The molecule has 1 fully saturated rings. The van der Waals surface area contributed by atoms with Gasteiger partial charge in [-0.1, -0.05) is 51.1 Å². The van der Waals surface area contributed by atoms with Crippen LogP contribution in [0.2, 0.25) is 0 Å². The van der Waals surface area contributed by atoms with Crippen molar-refractivity contribution < 1.29 is 4.42 Å². The zero-order chi connectivity index (χ0) is 20.9. The van der Waals surface area contributed by atoms with Crippen LogP contribution in [0.3, 0.4) is 0 Å². The molecule has 0 bridgehead atoms. The number of oxazole rings is 1. The molecule has 0 saturated carbocycles. The highest BCUT2D eigenvalue weighted by Gasteiger charge is 2.29. The molecule has 1 aliphatic heterocycles. The van der Waals surface area contributed by atoms with Crippen molar-refractivity contribution in [3.8, 4) is 0 Å². The van der Waals surface area contributed by atoms with E-state index in [1.165, 1.54) is 5.56 Å². The number of nitrogens with one attached hydrogen (secondary N) is 2. The summed E-state index contributed by atoms with van der Waals surface area (Å²) in [6.45, 7) is 14.0. The van der Waals surface area contributed by atoms with Gasteiger partial charge in [0.1, 0.15) is 12.3 Å². The van der Waals surface area contributed by atoms with Crippen molar-refractivity contribution in [3.63, 3.8) is 0 Å². The van der Waals surface area contributed by atoms with Crippen LogP contribution in [0.25, 0.3) is 0 Å². The fourth-order valence-corrected chi connectivity index (χ4v) is 3.63. The summed E-state index contributed by atoms with van der Waals surface area (Å²) in [5.41, 5.74) is 1.32. The van der Waals surface area contributed by atoms with Crippen molar-refractivity contribution in [3.05, 3.63) is 53.7 Å². The van der Waals surface area contributed by atoms with Gasteiger partial charge in [0.25, 0.3) is 0 Å². The highest BCUT2D eigenvalue weighted by atomic mass is 16.4. The van der Waals surface area contributed by atoms with Crippen LogP contribution in [0.4, 0.5) is 0 Å². The van der Waals surface area contributed by atoms with E-state index in [4.69, 9.17) is 9.41 Å². The number of benzene rings is 1. The summed E-state index contributed by atoms with van der Waals surface area (Å²) in [5, 5.41) is 6.95. The van der Waals surface area contributed by atoms with Crippen molar-refractivity contribution >= 4 is 5.96 Å². The summed E-state index contributed by atoms with van der Waals surface area (Å²) in [6.07, 6.45) is 2.91. The normalized spacial score (nSPS) is 20.8. The Morgan fingerprint density at radius 1 is 1.28 bits per heavy atom. The smallest absolute Gasteiger partial charge is 0.216 e. The van der Waals surface area contributed by atoms with Crippen LogP contribution < -0.4 is 10.6 Å². The van der Waals surface area contributed by atoms with Gasteiger partial charge in [0, 0.05) is 37.1 Å². The van der Waals surface area contributed by atoms with Gasteiger partial charge < -0.3 is 15.1 Å². The van der Waals surface area contributed by atoms with Crippen LogP contribution >= 0.6 is 0 Å². The van der Waals surface area contributed by atoms with Crippen LogP contribution in [-0.2, 0) is 18.5 Å². The van der Waals surface area contributed by atoms with Gasteiger partial charge in [-0.05, 0) is 25.8 Å². The molecule has 2 atom stereocenters. The second-order valence-corrected chi connectivity index (χ2v) is 8.90. The number of rotatable bonds is 6. The minimum absolute atomic E-state index is 0.0418. The van der Waals surface area contributed by atoms with Gasteiger partial charge in [0.15, 0.2) is 5.96 Å². The number of hydrogen-bond donors (Lipinski definition) is 2. The largest absolute Gasteiger partial charge is 0.443 e. The number of aromatic nitrogens is 1. The van der Waals surface area contributed by atoms with Crippen LogP contribution in [0.1, 0.15) is 58.3 Å². The average Bonchev–Trinajstić information content (AvgIpc) is 3.28. The lowest BCUT2D eigenvalue weighted by molar-refractivity contribution is 0.258. The number of aliphatic imine (C=N–C) groups is 1. The van der Waals surface area contributed by atoms with Gasteiger partial charge in [0.05, 0.1) is 6.20 Å².